The third-order valence-corrected chi connectivity index (χ3v) is 9.50. The van der Waals surface area contributed by atoms with Crippen molar-refractivity contribution in [3.8, 4) is 23.0 Å². The Balaban J connectivity index is 1.53. The van der Waals surface area contributed by atoms with Crippen LogP contribution in [-0.2, 0) is 30.2 Å². The maximum Gasteiger partial charge on any atom is 0.251 e. The van der Waals surface area contributed by atoms with E-state index in [2.05, 4.69) is 0 Å². The number of aliphatic hydroxyl groups excluding tert-OH is 3. The molecular formula is C35H41NO12. The number of amides is 1. The summed E-state index contributed by atoms with van der Waals surface area (Å²) in [7, 11) is 7.55. The first kappa shape index (κ1) is 33.9. The third kappa shape index (κ3) is 5.17. The number of rotatable bonds is 10. The summed E-state index contributed by atoms with van der Waals surface area (Å²) in [5.74, 6) is -1.44. The summed E-state index contributed by atoms with van der Waals surface area (Å²) in [4.78, 5) is 15.3. The maximum absolute atomic E-state index is 13.9. The zero-order chi connectivity index (χ0) is 34.4. The Morgan fingerprint density at radius 1 is 1.00 bits per heavy atom. The van der Waals surface area contributed by atoms with Crippen LogP contribution in [0.4, 0.5) is 0 Å². The number of ether oxygens (including phenoxy) is 7. The van der Waals surface area contributed by atoms with E-state index in [0.717, 1.165) is 0 Å². The van der Waals surface area contributed by atoms with Crippen molar-refractivity contribution in [1.29, 1.82) is 0 Å². The van der Waals surface area contributed by atoms with E-state index in [1.54, 1.807) is 38.4 Å². The van der Waals surface area contributed by atoms with Gasteiger partial charge in [0.05, 0.1) is 38.9 Å². The zero-order valence-corrected chi connectivity index (χ0v) is 27.3. The lowest BCUT2D eigenvalue weighted by atomic mass is 9.70. The second-order valence-electron chi connectivity index (χ2n) is 12.3. The predicted molar refractivity (Wildman–Crippen MR) is 169 cm³/mol. The summed E-state index contributed by atoms with van der Waals surface area (Å²) in [5, 5.41) is 45.0. The number of benzene rings is 3. The number of hydrogen-bond donors (Lipinski definition) is 4. The van der Waals surface area contributed by atoms with Crippen molar-refractivity contribution < 1.29 is 58.4 Å². The Morgan fingerprint density at radius 3 is 2.31 bits per heavy atom. The minimum absolute atomic E-state index is 0.0419. The minimum Gasteiger partial charge on any atom is -0.497 e. The smallest absolute Gasteiger partial charge is 0.251 e. The Hall–Kier alpha value is -3.95. The van der Waals surface area contributed by atoms with Gasteiger partial charge in [-0.1, -0.05) is 42.5 Å². The van der Waals surface area contributed by atoms with E-state index in [1.165, 1.54) is 38.4 Å². The van der Waals surface area contributed by atoms with Crippen molar-refractivity contribution in [2.24, 2.45) is 5.92 Å². The van der Waals surface area contributed by atoms with Crippen LogP contribution in [0.15, 0.2) is 66.7 Å². The van der Waals surface area contributed by atoms with Crippen LogP contribution >= 0.6 is 0 Å². The molecular weight excluding hydrogens is 626 g/mol. The van der Waals surface area contributed by atoms with Crippen molar-refractivity contribution >= 4 is 5.91 Å². The number of aliphatic hydroxyl groups is 4. The lowest BCUT2D eigenvalue weighted by Crippen LogP contribution is -2.52. The number of methoxy groups -OCH3 is 3. The van der Waals surface area contributed by atoms with E-state index in [0.29, 0.717) is 16.9 Å². The monoisotopic (exact) mass is 667 g/mol. The first-order valence-electron chi connectivity index (χ1n) is 15.5. The highest BCUT2D eigenvalue weighted by Gasteiger charge is 2.78. The number of carbonyl (C=O) groups excluding carboxylic acids is 1. The van der Waals surface area contributed by atoms with Gasteiger partial charge in [-0.15, -0.1) is 0 Å². The van der Waals surface area contributed by atoms with Crippen LogP contribution in [0.5, 0.6) is 23.0 Å². The predicted octanol–water partition coefficient (Wildman–Crippen LogP) is 1.49. The van der Waals surface area contributed by atoms with E-state index >= 15 is 0 Å². The standard InChI is InChI=1S/C35H41NO12/c1-36(2)31(40)27-28(19-9-7-6-8-10-19)35(20-11-13-21(42-3)14-12-20)34(41,30(27)39)29-24(43-4)15-22(16-25(29)48-35)46-33-32(44-5)45-18-26(47-33)23(38)17-37/h6-16,23,26-28,30,32-33,37-39,41H,17-18H2,1-5H3/t23-,26-,27-,28-,30-,32-,33-,34+,35+/m1/s1. The molecule has 0 radical (unpaired) electrons. The van der Waals surface area contributed by atoms with Crippen LogP contribution < -0.4 is 18.9 Å². The second kappa shape index (κ2) is 13.2. The molecule has 9 atom stereocenters. The fourth-order valence-electron chi connectivity index (χ4n) is 7.29. The summed E-state index contributed by atoms with van der Waals surface area (Å²) in [5.41, 5.74) is -2.68. The fraction of sp³-hybridized carbons (Fsp3) is 0.457. The summed E-state index contributed by atoms with van der Waals surface area (Å²) < 4.78 is 41.3. The van der Waals surface area contributed by atoms with Crippen molar-refractivity contribution in [2.75, 3.05) is 48.6 Å². The van der Waals surface area contributed by atoms with Crippen LogP contribution in [0.25, 0.3) is 0 Å². The molecule has 13 nitrogen and oxygen atoms in total. The first-order valence-corrected chi connectivity index (χ1v) is 15.5. The third-order valence-electron chi connectivity index (χ3n) is 9.50. The Labute approximate surface area is 278 Å². The fourth-order valence-corrected chi connectivity index (χ4v) is 7.29. The van der Waals surface area contributed by atoms with E-state index in [-0.39, 0.29) is 29.4 Å². The van der Waals surface area contributed by atoms with Gasteiger partial charge < -0.3 is 58.5 Å². The molecule has 6 rings (SSSR count). The van der Waals surface area contributed by atoms with Gasteiger partial charge in [-0.3, -0.25) is 4.79 Å². The lowest BCUT2D eigenvalue weighted by Gasteiger charge is -2.41. The summed E-state index contributed by atoms with van der Waals surface area (Å²) in [6, 6.07) is 19.1. The van der Waals surface area contributed by atoms with Crippen molar-refractivity contribution in [3.63, 3.8) is 0 Å². The molecule has 48 heavy (non-hydrogen) atoms. The van der Waals surface area contributed by atoms with Gasteiger partial charge in [-0.2, -0.15) is 0 Å². The van der Waals surface area contributed by atoms with Gasteiger partial charge >= 0.3 is 0 Å². The molecule has 1 amide bonds. The quantitative estimate of drug-likeness (QED) is 0.247. The molecule has 1 saturated heterocycles. The van der Waals surface area contributed by atoms with Crippen molar-refractivity contribution in [1.82, 2.24) is 4.90 Å². The Bertz CT molecular complexity index is 1600. The molecule has 0 aromatic heterocycles. The average Bonchev–Trinajstić information content (AvgIpc) is 3.49. The molecule has 2 heterocycles. The second-order valence-corrected chi connectivity index (χ2v) is 12.3. The molecule has 258 valence electrons. The number of nitrogens with zero attached hydrogens (tertiary/aromatic N) is 1. The lowest BCUT2D eigenvalue weighted by molar-refractivity contribution is -0.324. The Morgan fingerprint density at radius 2 is 1.71 bits per heavy atom. The molecule has 3 aliphatic rings. The Kier molecular flexibility index (Phi) is 9.30. The topological polar surface area (TPSA) is 166 Å². The molecule has 1 saturated carbocycles. The number of fused-ring (bicyclic) bond motifs is 3. The van der Waals surface area contributed by atoms with E-state index < -0.39 is 66.4 Å². The SMILES string of the molecule is COc1ccc([C@@]23Oc4cc(O[C@@H]5O[C@@H]([C@H](O)CO)CO[C@H]5OC)cc(OC)c4[C@]2(O)[C@H](O)[C@H](C(=O)N(C)C)[C@H]3c2ccccc2)cc1. The molecule has 0 bridgehead atoms. The van der Waals surface area contributed by atoms with Gasteiger partial charge in [-0.25, -0.2) is 0 Å². The van der Waals surface area contributed by atoms with E-state index in [1.807, 2.05) is 30.3 Å². The summed E-state index contributed by atoms with van der Waals surface area (Å²) >= 11 is 0. The molecule has 2 fully saturated rings. The largest absolute Gasteiger partial charge is 0.497 e. The van der Waals surface area contributed by atoms with E-state index in [9.17, 15) is 25.2 Å². The van der Waals surface area contributed by atoms with Crippen LogP contribution in [0.1, 0.15) is 22.6 Å². The van der Waals surface area contributed by atoms with Crippen LogP contribution in [0.2, 0.25) is 0 Å². The van der Waals surface area contributed by atoms with Gasteiger partial charge in [-0.05, 0) is 23.3 Å². The van der Waals surface area contributed by atoms with Gasteiger partial charge in [0.2, 0.25) is 12.2 Å². The first-order chi connectivity index (χ1) is 23.0. The van der Waals surface area contributed by atoms with Crippen LogP contribution in [-0.4, -0.2) is 111 Å². The van der Waals surface area contributed by atoms with Crippen LogP contribution in [0, 0.1) is 5.92 Å². The number of hydrogen-bond acceptors (Lipinski definition) is 12. The van der Waals surface area contributed by atoms with Gasteiger partial charge in [0.1, 0.15) is 41.3 Å². The summed E-state index contributed by atoms with van der Waals surface area (Å²) in [6.07, 6.45) is -5.94. The van der Waals surface area contributed by atoms with Crippen molar-refractivity contribution in [3.05, 3.63) is 83.4 Å². The van der Waals surface area contributed by atoms with Crippen molar-refractivity contribution in [2.45, 2.75) is 48.0 Å². The van der Waals surface area contributed by atoms with Gasteiger partial charge in [0.15, 0.2) is 11.2 Å². The molecule has 0 spiro atoms. The normalized spacial score (nSPS) is 31.3. The maximum atomic E-state index is 13.9. The molecule has 13 heteroatoms. The molecule has 4 N–H and O–H groups in total. The average molecular weight is 668 g/mol. The zero-order valence-electron chi connectivity index (χ0n) is 27.3. The highest BCUT2D eigenvalue weighted by molar-refractivity contribution is 5.83. The molecule has 0 unspecified atom stereocenters. The number of carbonyl (C=O) groups is 1. The molecule has 1 aliphatic carbocycles. The molecule has 2 aliphatic heterocycles. The highest BCUT2D eigenvalue weighted by Crippen LogP contribution is 2.70. The van der Waals surface area contributed by atoms with Gasteiger partial charge in [0, 0.05) is 39.3 Å². The minimum atomic E-state index is -2.21. The van der Waals surface area contributed by atoms with Gasteiger partial charge in [0.25, 0.3) is 6.29 Å². The van der Waals surface area contributed by atoms with Crippen LogP contribution in [0.3, 0.4) is 0 Å². The molecule has 3 aromatic carbocycles. The van der Waals surface area contributed by atoms with E-state index in [4.69, 9.17) is 33.2 Å². The molecule has 3 aromatic rings. The summed E-state index contributed by atoms with van der Waals surface area (Å²) in [6.45, 7) is -0.590. The highest BCUT2D eigenvalue weighted by atomic mass is 16.8.